The molecule has 0 aliphatic carbocycles. The zero-order chi connectivity index (χ0) is 14.0. The number of hydrogen-bond donors (Lipinski definition) is 0. The highest BCUT2D eigenvalue weighted by Gasteiger charge is 2.15. The number of benzene rings is 1. The fraction of sp³-hybridized carbons (Fsp3) is 0.154. The average molecular weight is 270 g/mol. The van der Waals surface area contributed by atoms with Crippen molar-refractivity contribution in [3.63, 3.8) is 0 Å². The number of hydrogen-bond acceptors (Lipinski definition) is 1. The maximum atomic E-state index is 13.8. The molecule has 0 saturated heterocycles. The van der Waals surface area contributed by atoms with Gasteiger partial charge in [-0.05, 0) is 0 Å². The molecule has 0 unspecified atom stereocenters. The van der Waals surface area contributed by atoms with Crippen LogP contribution in [0.3, 0.4) is 0 Å². The summed E-state index contributed by atoms with van der Waals surface area (Å²) in [7, 11) is 0. The van der Waals surface area contributed by atoms with E-state index in [0.717, 1.165) is 4.68 Å². The van der Waals surface area contributed by atoms with Gasteiger partial charge in [0, 0.05) is 22.9 Å². The van der Waals surface area contributed by atoms with Gasteiger partial charge in [-0.1, -0.05) is 24.8 Å². The van der Waals surface area contributed by atoms with Gasteiger partial charge in [-0.2, -0.15) is 5.10 Å². The lowest BCUT2D eigenvalue weighted by atomic mass is 10.1. The molecule has 0 N–H and O–H groups in total. The molecule has 1 aromatic heterocycles. The van der Waals surface area contributed by atoms with Crippen LogP contribution in [-0.2, 0) is 6.54 Å². The van der Waals surface area contributed by atoms with E-state index >= 15 is 0 Å². The molecule has 2 rings (SSSR count). The Balaban J connectivity index is 2.39. The molecule has 0 bridgehead atoms. The molecule has 1 aromatic carbocycles. The van der Waals surface area contributed by atoms with Crippen molar-refractivity contribution in [3.05, 3.63) is 48.3 Å². The lowest BCUT2D eigenvalue weighted by Gasteiger charge is -2.04. The second-order valence-corrected chi connectivity index (χ2v) is 3.88. The monoisotopic (exact) mass is 270 g/mol. The van der Waals surface area contributed by atoms with Crippen LogP contribution in [-0.4, -0.2) is 16.2 Å². The van der Waals surface area contributed by atoms with Crippen LogP contribution in [0.15, 0.2) is 31.1 Å². The molecule has 2 nitrogen and oxygen atoms in total. The van der Waals surface area contributed by atoms with Gasteiger partial charge in [-0.25, -0.2) is 17.6 Å². The fourth-order valence-electron chi connectivity index (χ4n) is 1.69. The van der Waals surface area contributed by atoms with E-state index in [9.17, 15) is 17.6 Å². The van der Waals surface area contributed by atoms with Crippen LogP contribution < -0.4 is 0 Å². The number of aromatic nitrogens is 2. The Kier molecular flexibility index (Phi) is 3.69. The number of rotatable bonds is 4. The Bertz CT molecular complexity index is 605. The first-order valence-electron chi connectivity index (χ1n) is 5.44. The number of alkyl halides is 2. The molecule has 0 fully saturated rings. The van der Waals surface area contributed by atoms with E-state index in [0.29, 0.717) is 0 Å². The van der Waals surface area contributed by atoms with Crippen molar-refractivity contribution < 1.29 is 17.6 Å². The van der Waals surface area contributed by atoms with Crippen LogP contribution in [0.2, 0.25) is 0 Å². The van der Waals surface area contributed by atoms with Gasteiger partial charge in [-0.15, -0.1) is 0 Å². The van der Waals surface area contributed by atoms with Crippen LogP contribution in [0.4, 0.5) is 17.6 Å². The third kappa shape index (κ3) is 2.67. The first-order valence-corrected chi connectivity index (χ1v) is 5.44. The van der Waals surface area contributed by atoms with Crippen molar-refractivity contribution in [2.75, 3.05) is 0 Å². The van der Waals surface area contributed by atoms with Crippen molar-refractivity contribution in [1.29, 1.82) is 0 Å². The zero-order valence-electron chi connectivity index (χ0n) is 9.78. The van der Waals surface area contributed by atoms with Gasteiger partial charge in [0.15, 0.2) is 11.6 Å². The number of halogens is 4. The Morgan fingerprint density at radius 3 is 2.63 bits per heavy atom. The second-order valence-electron chi connectivity index (χ2n) is 3.88. The molecule has 6 heteroatoms. The standard InChI is InChI=1S/C13H10F4N2/c1-2-8-3-4-10(13(17)12(8)16)9-5-18-19(6-9)7-11(14)15/h2-6,11H,1,7H2. The summed E-state index contributed by atoms with van der Waals surface area (Å²) >= 11 is 0. The summed E-state index contributed by atoms with van der Waals surface area (Å²) < 4.78 is 52.7. The van der Waals surface area contributed by atoms with Gasteiger partial charge in [0.05, 0.1) is 6.20 Å². The molecular weight excluding hydrogens is 260 g/mol. The van der Waals surface area contributed by atoms with Crippen LogP contribution in [0, 0.1) is 11.6 Å². The van der Waals surface area contributed by atoms with Crippen molar-refractivity contribution in [1.82, 2.24) is 9.78 Å². The molecule has 0 radical (unpaired) electrons. The SMILES string of the molecule is C=Cc1ccc(-c2cnn(CC(F)F)c2)c(F)c1F. The summed E-state index contributed by atoms with van der Waals surface area (Å²) in [6.45, 7) is 2.78. The van der Waals surface area contributed by atoms with Gasteiger partial charge < -0.3 is 0 Å². The summed E-state index contributed by atoms with van der Waals surface area (Å²) in [5, 5.41) is 3.67. The molecule has 19 heavy (non-hydrogen) atoms. The first-order chi connectivity index (χ1) is 9.02. The van der Waals surface area contributed by atoms with Crippen molar-refractivity contribution in [2.24, 2.45) is 0 Å². The van der Waals surface area contributed by atoms with Gasteiger partial charge in [0.25, 0.3) is 6.43 Å². The minimum atomic E-state index is -2.56. The molecule has 0 amide bonds. The van der Waals surface area contributed by atoms with E-state index in [1.54, 1.807) is 0 Å². The molecular formula is C13H10F4N2. The van der Waals surface area contributed by atoms with Crippen LogP contribution in [0.25, 0.3) is 17.2 Å². The highest BCUT2D eigenvalue weighted by Crippen LogP contribution is 2.26. The smallest absolute Gasteiger partial charge is 0.257 e. The van der Waals surface area contributed by atoms with E-state index in [4.69, 9.17) is 0 Å². The molecule has 0 atom stereocenters. The Morgan fingerprint density at radius 1 is 1.26 bits per heavy atom. The van der Waals surface area contributed by atoms with E-state index in [-0.39, 0.29) is 16.7 Å². The highest BCUT2D eigenvalue weighted by atomic mass is 19.3. The average Bonchev–Trinajstić information content (AvgIpc) is 2.80. The van der Waals surface area contributed by atoms with E-state index in [1.165, 1.54) is 30.6 Å². The topological polar surface area (TPSA) is 17.8 Å². The van der Waals surface area contributed by atoms with E-state index in [2.05, 4.69) is 11.7 Å². The largest absolute Gasteiger partial charge is 0.266 e. The maximum Gasteiger partial charge on any atom is 0.257 e. The Labute approximate surface area is 107 Å². The minimum absolute atomic E-state index is 0.0244. The van der Waals surface area contributed by atoms with Gasteiger partial charge in [0.1, 0.15) is 6.54 Å². The molecule has 0 spiro atoms. The summed E-state index contributed by atoms with van der Waals surface area (Å²) in [6, 6.07) is 2.73. The molecule has 0 aliphatic rings. The third-order valence-corrected chi connectivity index (χ3v) is 2.60. The Hall–Kier alpha value is -2.11. The normalized spacial score (nSPS) is 11.0. The number of nitrogens with zero attached hydrogens (tertiary/aromatic N) is 2. The van der Waals surface area contributed by atoms with E-state index < -0.39 is 24.6 Å². The fourth-order valence-corrected chi connectivity index (χ4v) is 1.69. The van der Waals surface area contributed by atoms with Gasteiger partial charge in [0.2, 0.25) is 0 Å². The molecule has 2 aromatic rings. The van der Waals surface area contributed by atoms with Gasteiger partial charge in [-0.3, -0.25) is 4.68 Å². The summed E-state index contributed by atoms with van der Waals surface area (Å²) in [6.07, 6.45) is 1.10. The minimum Gasteiger partial charge on any atom is -0.266 e. The summed E-state index contributed by atoms with van der Waals surface area (Å²) in [5.74, 6) is -2.07. The maximum absolute atomic E-state index is 13.8. The lowest BCUT2D eigenvalue weighted by Crippen LogP contribution is -2.06. The van der Waals surface area contributed by atoms with Crippen LogP contribution in [0.5, 0.6) is 0 Å². The zero-order valence-corrected chi connectivity index (χ0v) is 9.78. The molecule has 100 valence electrons. The predicted octanol–water partition coefficient (Wildman–Crippen LogP) is 3.74. The van der Waals surface area contributed by atoms with Crippen molar-refractivity contribution >= 4 is 6.08 Å². The summed E-state index contributed by atoms with van der Waals surface area (Å²) in [5.41, 5.74) is 0.262. The predicted molar refractivity (Wildman–Crippen MR) is 63.7 cm³/mol. The van der Waals surface area contributed by atoms with Crippen LogP contribution in [0.1, 0.15) is 5.56 Å². The molecule has 0 saturated carbocycles. The van der Waals surface area contributed by atoms with Crippen molar-refractivity contribution in [2.45, 2.75) is 13.0 Å². The van der Waals surface area contributed by atoms with E-state index in [1.807, 2.05) is 0 Å². The second kappa shape index (κ2) is 5.26. The molecule has 0 aliphatic heterocycles. The quantitative estimate of drug-likeness (QED) is 0.774. The van der Waals surface area contributed by atoms with Gasteiger partial charge >= 0.3 is 0 Å². The first kappa shape index (κ1) is 13.3. The molecule has 1 heterocycles. The van der Waals surface area contributed by atoms with Crippen LogP contribution >= 0.6 is 0 Å². The Morgan fingerprint density at radius 2 is 2.00 bits per heavy atom. The highest BCUT2D eigenvalue weighted by molar-refractivity contribution is 5.65. The van der Waals surface area contributed by atoms with Crippen molar-refractivity contribution in [3.8, 4) is 11.1 Å². The lowest BCUT2D eigenvalue weighted by molar-refractivity contribution is 0.122. The summed E-state index contributed by atoms with van der Waals surface area (Å²) in [4.78, 5) is 0. The third-order valence-electron chi connectivity index (χ3n) is 2.60.